The number of alkyl halides is 2. The number of hydrogen-bond acceptors (Lipinski definition) is 17. The summed E-state index contributed by atoms with van der Waals surface area (Å²) in [5.74, 6) is -0.0350. The first-order valence-corrected chi connectivity index (χ1v) is 15.6. The number of phosphoric acid groups is 2. The third-order valence-electron chi connectivity index (χ3n) is 6.88. The standard InChI is InChI=1S/C20H24F2N10O11P2/c1-38-44(34,35)42-12-7(40-18(8(12)21)31-5-29-10-14(23)25-3-27-16(10)31)2-39-45(36,37)43-13-9(22)19(41-20(13)33)32-6-30-11-15(24)26-4-28-17(11)32/h3-9,12-13,18-20,33H,2H2,1H3,(H,34,35)(H,36,37)(H2,23,25,27)(H2,24,26,28)/t7-,8?,9-,12-,13+,18-,19-,20+/m1/s1. The van der Waals surface area contributed by atoms with Gasteiger partial charge in [-0.25, -0.2) is 47.8 Å². The Morgan fingerprint density at radius 1 is 0.844 bits per heavy atom. The number of halogens is 2. The fraction of sp³-hybridized carbons (Fsp3) is 0.500. The number of anilines is 2. The zero-order valence-corrected chi connectivity index (χ0v) is 24.4. The highest BCUT2D eigenvalue weighted by atomic mass is 31.2. The van der Waals surface area contributed by atoms with Crippen LogP contribution in [0.4, 0.5) is 20.4 Å². The first kappa shape index (κ1) is 31.6. The third kappa shape index (κ3) is 5.88. The molecule has 6 rings (SSSR count). The minimum Gasteiger partial charge on any atom is -0.382 e. The Morgan fingerprint density at radius 3 is 1.91 bits per heavy atom. The molecule has 0 spiro atoms. The van der Waals surface area contributed by atoms with Crippen molar-refractivity contribution >= 4 is 49.6 Å². The van der Waals surface area contributed by atoms with Crippen molar-refractivity contribution in [1.82, 2.24) is 39.0 Å². The van der Waals surface area contributed by atoms with Crippen LogP contribution in [-0.4, -0.2) is 105 Å². The highest BCUT2D eigenvalue weighted by molar-refractivity contribution is 7.47. The average molecular weight is 680 g/mol. The minimum atomic E-state index is -5.29. The van der Waals surface area contributed by atoms with Crippen LogP contribution < -0.4 is 11.5 Å². The lowest BCUT2D eigenvalue weighted by molar-refractivity contribution is -0.140. The second-order valence-electron chi connectivity index (χ2n) is 9.59. The van der Waals surface area contributed by atoms with Gasteiger partial charge in [0.25, 0.3) is 0 Å². The van der Waals surface area contributed by atoms with E-state index in [9.17, 15) is 24.0 Å². The Hall–Kier alpha value is -3.34. The van der Waals surface area contributed by atoms with Gasteiger partial charge >= 0.3 is 15.6 Å². The number of hydrogen-bond donors (Lipinski definition) is 5. The van der Waals surface area contributed by atoms with E-state index in [-0.39, 0.29) is 34.0 Å². The number of ether oxygens (including phenoxy) is 2. The second-order valence-corrected chi connectivity index (χ2v) is 12.5. The number of phosphoric ester groups is 2. The summed E-state index contributed by atoms with van der Waals surface area (Å²) in [5.41, 5.74) is 11.8. The quantitative estimate of drug-likeness (QED) is 0.136. The van der Waals surface area contributed by atoms with Gasteiger partial charge < -0.3 is 35.8 Å². The molecule has 6 heterocycles. The molecule has 244 valence electrons. The molecule has 0 bridgehead atoms. The highest BCUT2D eigenvalue weighted by Crippen LogP contribution is 2.52. The summed E-state index contributed by atoms with van der Waals surface area (Å²) in [6, 6.07) is 0. The van der Waals surface area contributed by atoms with Gasteiger partial charge in [0.15, 0.2) is 60.1 Å². The van der Waals surface area contributed by atoms with Gasteiger partial charge in [0.1, 0.15) is 35.9 Å². The molecule has 2 aliphatic rings. The van der Waals surface area contributed by atoms with Crippen LogP contribution in [0.5, 0.6) is 0 Å². The van der Waals surface area contributed by atoms with E-state index in [4.69, 9.17) is 34.5 Å². The maximum absolute atomic E-state index is 15.7. The number of nitrogens with two attached hydrogens (primary N) is 2. The SMILES string of the molecule is COP(=O)(O)O[C@H]1C(F)[C@H](n2cnc3c(N)ncnc32)O[C@@H]1COP(=O)(O)O[C@H]1[C@@H](F)[C@H](n2cnc3c(N)ncnc32)O[C@@H]1O. The van der Waals surface area contributed by atoms with Crippen LogP contribution in [0, 0.1) is 0 Å². The third-order valence-corrected chi connectivity index (χ3v) is 8.83. The van der Waals surface area contributed by atoms with E-state index in [2.05, 4.69) is 34.4 Å². The van der Waals surface area contributed by atoms with Gasteiger partial charge in [0.05, 0.1) is 19.3 Å². The van der Waals surface area contributed by atoms with E-state index in [1.165, 1.54) is 0 Å². The largest absolute Gasteiger partial charge is 0.472 e. The van der Waals surface area contributed by atoms with Crippen molar-refractivity contribution in [2.24, 2.45) is 0 Å². The molecular weight excluding hydrogens is 656 g/mol. The molecule has 0 aromatic carbocycles. The van der Waals surface area contributed by atoms with Gasteiger partial charge in [-0.2, -0.15) is 0 Å². The summed E-state index contributed by atoms with van der Waals surface area (Å²) in [4.78, 5) is 43.8. The van der Waals surface area contributed by atoms with Crippen molar-refractivity contribution in [2.45, 2.75) is 49.4 Å². The van der Waals surface area contributed by atoms with Gasteiger partial charge in [0, 0.05) is 7.11 Å². The normalized spacial score (nSPS) is 31.4. The van der Waals surface area contributed by atoms with Crippen molar-refractivity contribution < 1.29 is 60.4 Å². The lowest BCUT2D eigenvalue weighted by Crippen LogP contribution is -2.34. The summed E-state index contributed by atoms with van der Waals surface area (Å²) in [5, 5.41) is 10.3. The Morgan fingerprint density at radius 2 is 1.36 bits per heavy atom. The Balaban J connectivity index is 1.18. The number of rotatable bonds is 10. The summed E-state index contributed by atoms with van der Waals surface area (Å²) in [6.07, 6.45) is -11.1. The van der Waals surface area contributed by atoms with Crippen LogP contribution in [0.25, 0.3) is 22.3 Å². The number of nitrogens with zero attached hydrogens (tertiary/aromatic N) is 8. The first-order chi connectivity index (χ1) is 21.3. The molecule has 4 aromatic rings. The van der Waals surface area contributed by atoms with Crippen LogP contribution >= 0.6 is 15.6 Å². The lowest BCUT2D eigenvalue weighted by Gasteiger charge is -2.23. The lowest BCUT2D eigenvalue weighted by atomic mass is 10.1. The molecule has 0 amide bonds. The predicted octanol–water partition coefficient (Wildman–Crippen LogP) is -0.114. The fourth-order valence-electron chi connectivity index (χ4n) is 4.78. The summed E-state index contributed by atoms with van der Waals surface area (Å²) in [6.45, 7) is -1.00. The van der Waals surface area contributed by atoms with E-state index < -0.39 is 71.7 Å². The van der Waals surface area contributed by atoms with E-state index >= 15 is 8.78 Å². The number of aromatic nitrogens is 8. The van der Waals surface area contributed by atoms with Crippen LogP contribution in [0.1, 0.15) is 12.5 Å². The van der Waals surface area contributed by atoms with Gasteiger partial charge in [0.2, 0.25) is 0 Å². The molecule has 0 aliphatic carbocycles. The number of aliphatic hydroxyl groups is 1. The maximum atomic E-state index is 15.7. The number of nitrogen functional groups attached to an aromatic ring is 2. The molecule has 2 aliphatic heterocycles. The fourth-order valence-corrected chi connectivity index (χ4v) is 6.35. The molecule has 10 atom stereocenters. The topological polar surface area (TPSA) is 289 Å². The summed E-state index contributed by atoms with van der Waals surface area (Å²) >= 11 is 0. The number of fused-ring (bicyclic) bond motifs is 2. The van der Waals surface area contributed by atoms with Crippen LogP contribution in [0.3, 0.4) is 0 Å². The summed E-state index contributed by atoms with van der Waals surface area (Å²) < 4.78 is 88.3. The molecular formula is C20H24F2N10O11P2. The molecule has 45 heavy (non-hydrogen) atoms. The first-order valence-electron chi connectivity index (χ1n) is 12.7. The van der Waals surface area contributed by atoms with Crippen molar-refractivity contribution in [3.05, 3.63) is 25.3 Å². The Labute approximate surface area is 249 Å². The predicted molar refractivity (Wildman–Crippen MR) is 142 cm³/mol. The van der Waals surface area contributed by atoms with Crippen molar-refractivity contribution in [3.8, 4) is 0 Å². The van der Waals surface area contributed by atoms with Crippen LogP contribution in [0.2, 0.25) is 0 Å². The maximum Gasteiger partial charge on any atom is 0.472 e. The molecule has 4 aromatic heterocycles. The van der Waals surface area contributed by atoms with Crippen molar-refractivity contribution in [1.29, 1.82) is 0 Å². The average Bonchev–Trinajstić information content (AvgIpc) is 3.75. The molecule has 0 saturated carbocycles. The minimum absolute atomic E-state index is 0.00962. The van der Waals surface area contributed by atoms with E-state index in [1.807, 2.05) is 0 Å². The molecule has 2 fully saturated rings. The highest BCUT2D eigenvalue weighted by Gasteiger charge is 2.53. The number of imidazole rings is 2. The van der Waals surface area contributed by atoms with Gasteiger partial charge in [-0.15, -0.1) is 0 Å². The van der Waals surface area contributed by atoms with E-state index in [1.54, 1.807) is 0 Å². The molecule has 21 nitrogen and oxygen atoms in total. The van der Waals surface area contributed by atoms with Crippen molar-refractivity contribution in [2.75, 3.05) is 25.2 Å². The Kier molecular flexibility index (Phi) is 8.29. The zero-order valence-electron chi connectivity index (χ0n) is 22.6. The monoisotopic (exact) mass is 680 g/mol. The zero-order chi connectivity index (χ0) is 32.3. The van der Waals surface area contributed by atoms with Gasteiger partial charge in [-0.1, -0.05) is 0 Å². The van der Waals surface area contributed by atoms with Crippen LogP contribution in [0.15, 0.2) is 25.3 Å². The van der Waals surface area contributed by atoms with Crippen molar-refractivity contribution in [3.63, 3.8) is 0 Å². The second kappa shape index (κ2) is 11.8. The molecule has 2 saturated heterocycles. The van der Waals surface area contributed by atoms with Crippen LogP contribution in [-0.2, 0) is 36.7 Å². The molecule has 0 radical (unpaired) electrons. The van der Waals surface area contributed by atoms with Gasteiger partial charge in [-0.3, -0.25) is 27.2 Å². The smallest absolute Gasteiger partial charge is 0.382 e. The van der Waals surface area contributed by atoms with E-state index in [0.717, 1.165) is 41.6 Å². The molecule has 3 unspecified atom stereocenters. The molecule has 25 heteroatoms. The molecule has 7 N–H and O–H groups in total. The van der Waals surface area contributed by atoms with E-state index in [0.29, 0.717) is 0 Å². The van der Waals surface area contributed by atoms with Gasteiger partial charge in [-0.05, 0) is 0 Å². The number of aliphatic hydroxyl groups excluding tert-OH is 1. The summed E-state index contributed by atoms with van der Waals surface area (Å²) in [7, 11) is -9.30. The Bertz CT molecular complexity index is 1820.